The number of anilines is 1. The highest BCUT2D eigenvalue weighted by Gasteiger charge is 2.06. The van der Waals surface area contributed by atoms with Gasteiger partial charge in [0.25, 0.3) is 0 Å². The van der Waals surface area contributed by atoms with Crippen LogP contribution in [-0.4, -0.2) is 9.97 Å². The highest BCUT2D eigenvalue weighted by atomic mass is 35.5. The topological polar surface area (TPSA) is 54.7 Å². The molecular formula is C13H10ClN3. The lowest BCUT2D eigenvalue weighted by Gasteiger charge is -2.01. The number of nitrogen functional groups attached to an aromatic ring is 1. The second kappa shape index (κ2) is 3.79. The van der Waals surface area contributed by atoms with Gasteiger partial charge in [0.2, 0.25) is 0 Å². The van der Waals surface area contributed by atoms with Crippen molar-refractivity contribution in [3.63, 3.8) is 0 Å². The number of pyridine rings is 1. The molecule has 17 heavy (non-hydrogen) atoms. The molecule has 0 bridgehead atoms. The first-order valence-electron chi connectivity index (χ1n) is 5.24. The smallest absolute Gasteiger partial charge is 0.129 e. The van der Waals surface area contributed by atoms with E-state index >= 15 is 0 Å². The number of hydrogen-bond donors (Lipinski definition) is 2. The number of fused-ring (bicyclic) bond motifs is 1. The number of rotatable bonds is 1. The lowest BCUT2D eigenvalue weighted by Crippen LogP contribution is -1.88. The summed E-state index contributed by atoms with van der Waals surface area (Å²) in [4.78, 5) is 7.52. The molecule has 0 amide bonds. The molecule has 3 nitrogen and oxygen atoms in total. The normalized spacial score (nSPS) is 10.9. The fraction of sp³-hybridized carbons (Fsp3) is 0. The van der Waals surface area contributed by atoms with Crippen molar-refractivity contribution in [2.24, 2.45) is 0 Å². The third-order valence-corrected chi connectivity index (χ3v) is 2.90. The number of H-pyrrole nitrogens is 1. The van der Waals surface area contributed by atoms with Crippen LogP contribution < -0.4 is 5.73 Å². The molecule has 2 aromatic heterocycles. The summed E-state index contributed by atoms with van der Waals surface area (Å²) in [5.41, 5.74) is 10.4. The highest BCUT2D eigenvalue weighted by molar-refractivity contribution is 6.29. The zero-order valence-electron chi connectivity index (χ0n) is 8.94. The van der Waals surface area contributed by atoms with E-state index in [4.69, 9.17) is 17.3 Å². The standard InChI is InChI=1S/C13H10ClN3/c14-13-6-5-10-12(17-13)7-11(16-10)8-3-1-2-4-9(8)15/h1-7,16H,15H2. The quantitative estimate of drug-likeness (QED) is 0.508. The summed E-state index contributed by atoms with van der Waals surface area (Å²) >= 11 is 5.86. The maximum atomic E-state index is 5.94. The van der Waals surface area contributed by atoms with Crippen molar-refractivity contribution < 1.29 is 0 Å². The number of para-hydroxylation sites is 1. The molecular weight excluding hydrogens is 234 g/mol. The van der Waals surface area contributed by atoms with E-state index in [-0.39, 0.29) is 0 Å². The summed E-state index contributed by atoms with van der Waals surface area (Å²) in [5.74, 6) is 0. The van der Waals surface area contributed by atoms with Gasteiger partial charge in [0.05, 0.1) is 16.7 Å². The SMILES string of the molecule is Nc1ccccc1-c1cc2nc(Cl)ccc2[nH]1. The van der Waals surface area contributed by atoms with Gasteiger partial charge in [-0.2, -0.15) is 0 Å². The Hall–Kier alpha value is -2.00. The molecule has 2 heterocycles. The lowest BCUT2D eigenvalue weighted by atomic mass is 10.1. The van der Waals surface area contributed by atoms with Crippen LogP contribution in [0.1, 0.15) is 0 Å². The van der Waals surface area contributed by atoms with Gasteiger partial charge in [-0.3, -0.25) is 0 Å². The Morgan fingerprint density at radius 1 is 1.12 bits per heavy atom. The van der Waals surface area contributed by atoms with Crippen molar-refractivity contribution in [2.45, 2.75) is 0 Å². The number of nitrogens with zero attached hydrogens (tertiary/aromatic N) is 1. The van der Waals surface area contributed by atoms with E-state index in [9.17, 15) is 0 Å². The number of aromatic nitrogens is 2. The number of benzene rings is 1. The van der Waals surface area contributed by atoms with E-state index in [1.165, 1.54) is 0 Å². The average molecular weight is 244 g/mol. The number of nitrogens with two attached hydrogens (primary N) is 1. The van der Waals surface area contributed by atoms with Gasteiger partial charge in [0.15, 0.2) is 0 Å². The molecule has 0 fully saturated rings. The van der Waals surface area contributed by atoms with Gasteiger partial charge in [0.1, 0.15) is 5.15 Å². The molecule has 1 aromatic carbocycles. The molecule has 3 aromatic rings. The van der Waals surface area contributed by atoms with E-state index in [0.717, 1.165) is 28.0 Å². The number of nitrogens with one attached hydrogen (secondary N) is 1. The van der Waals surface area contributed by atoms with Crippen LogP contribution in [0.5, 0.6) is 0 Å². The minimum atomic E-state index is 0.490. The highest BCUT2D eigenvalue weighted by Crippen LogP contribution is 2.27. The molecule has 4 heteroatoms. The molecule has 0 aliphatic rings. The minimum Gasteiger partial charge on any atom is -0.398 e. The van der Waals surface area contributed by atoms with E-state index < -0.39 is 0 Å². The first-order valence-corrected chi connectivity index (χ1v) is 5.62. The summed E-state index contributed by atoms with van der Waals surface area (Å²) in [6, 6.07) is 13.3. The third-order valence-electron chi connectivity index (χ3n) is 2.69. The van der Waals surface area contributed by atoms with E-state index in [1.807, 2.05) is 36.4 Å². The number of hydrogen-bond acceptors (Lipinski definition) is 2. The molecule has 0 spiro atoms. The summed E-state index contributed by atoms with van der Waals surface area (Å²) in [6.45, 7) is 0. The molecule has 3 rings (SSSR count). The van der Waals surface area contributed by atoms with Crippen molar-refractivity contribution in [1.82, 2.24) is 9.97 Å². The van der Waals surface area contributed by atoms with Gasteiger partial charge >= 0.3 is 0 Å². The summed E-state index contributed by atoms with van der Waals surface area (Å²) in [6.07, 6.45) is 0. The van der Waals surface area contributed by atoms with Crippen LogP contribution >= 0.6 is 11.6 Å². The number of halogens is 1. The van der Waals surface area contributed by atoms with Crippen LogP contribution in [0, 0.1) is 0 Å². The Balaban J connectivity index is 2.22. The van der Waals surface area contributed by atoms with E-state index in [0.29, 0.717) is 5.15 Å². The molecule has 84 valence electrons. The van der Waals surface area contributed by atoms with Gasteiger partial charge in [-0.1, -0.05) is 29.8 Å². The van der Waals surface area contributed by atoms with Crippen LogP contribution in [0.4, 0.5) is 5.69 Å². The van der Waals surface area contributed by atoms with Gasteiger partial charge in [-0.25, -0.2) is 4.98 Å². The predicted octanol–water partition coefficient (Wildman–Crippen LogP) is 3.47. The van der Waals surface area contributed by atoms with Crippen molar-refractivity contribution in [3.8, 4) is 11.3 Å². The summed E-state index contributed by atoms with van der Waals surface area (Å²) in [5, 5.41) is 0.490. The second-order valence-corrected chi connectivity index (χ2v) is 4.22. The van der Waals surface area contributed by atoms with Crippen molar-refractivity contribution in [2.75, 3.05) is 5.73 Å². The molecule has 0 unspecified atom stereocenters. The molecule has 0 saturated carbocycles. The maximum Gasteiger partial charge on any atom is 0.129 e. The zero-order valence-corrected chi connectivity index (χ0v) is 9.70. The lowest BCUT2D eigenvalue weighted by molar-refractivity contribution is 1.40. The van der Waals surface area contributed by atoms with Crippen molar-refractivity contribution in [3.05, 3.63) is 47.6 Å². The minimum absolute atomic E-state index is 0.490. The van der Waals surface area contributed by atoms with Gasteiger partial charge in [-0.15, -0.1) is 0 Å². The average Bonchev–Trinajstić information content (AvgIpc) is 2.72. The number of aromatic amines is 1. The molecule has 0 atom stereocenters. The predicted molar refractivity (Wildman–Crippen MR) is 71.0 cm³/mol. The van der Waals surface area contributed by atoms with Crippen molar-refractivity contribution in [1.29, 1.82) is 0 Å². The first-order chi connectivity index (χ1) is 8.24. The molecule has 0 radical (unpaired) electrons. The zero-order chi connectivity index (χ0) is 11.8. The van der Waals surface area contributed by atoms with Crippen LogP contribution in [0.3, 0.4) is 0 Å². The van der Waals surface area contributed by atoms with Gasteiger partial charge in [-0.05, 0) is 24.3 Å². The van der Waals surface area contributed by atoms with Crippen molar-refractivity contribution >= 4 is 28.3 Å². The summed E-state index contributed by atoms with van der Waals surface area (Å²) in [7, 11) is 0. The van der Waals surface area contributed by atoms with Crippen LogP contribution in [-0.2, 0) is 0 Å². The fourth-order valence-electron chi connectivity index (χ4n) is 1.87. The van der Waals surface area contributed by atoms with Crippen LogP contribution in [0.25, 0.3) is 22.3 Å². The Morgan fingerprint density at radius 2 is 1.94 bits per heavy atom. The summed E-state index contributed by atoms with van der Waals surface area (Å²) < 4.78 is 0. The largest absolute Gasteiger partial charge is 0.398 e. The Morgan fingerprint density at radius 3 is 2.76 bits per heavy atom. The Kier molecular flexibility index (Phi) is 2.27. The molecule has 0 aliphatic heterocycles. The monoisotopic (exact) mass is 243 g/mol. The maximum absolute atomic E-state index is 5.94. The Labute approximate surface area is 103 Å². The van der Waals surface area contributed by atoms with Gasteiger partial charge in [0, 0.05) is 11.3 Å². The van der Waals surface area contributed by atoms with Crippen LogP contribution in [0.15, 0.2) is 42.5 Å². The molecule has 0 saturated heterocycles. The molecule has 0 aliphatic carbocycles. The van der Waals surface area contributed by atoms with Crippen LogP contribution in [0.2, 0.25) is 5.15 Å². The third kappa shape index (κ3) is 1.74. The van der Waals surface area contributed by atoms with E-state index in [1.54, 1.807) is 6.07 Å². The molecule has 3 N–H and O–H groups in total. The fourth-order valence-corrected chi connectivity index (χ4v) is 2.03. The second-order valence-electron chi connectivity index (χ2n) is 3.84. The first kappa shape index (κ1) is 10.2. The Bertz CT molecular complexity index is 688. The van der Waals surface area contributed by atoms with E-state index in [2.05, 4.69) is 9.97 Å². The van der Waals surface area contributed by atoms with Gasteiger partial charge < -0.3 is 10.7 Å².